The van der Waals surface area contributed by atoms with E-state index in [2.05, 4.69) is 5.32 Å². The molecule has 0 aliphatic carbocycles. The number of nitrogens with one attached hydrogen (secondary N) is 1. The minimum absolute atomic E-state index is 0.0420. The third kappa shape index (κ3) is 2.56. The molecule has 2 fully saturated rings. The first-order valence-electron chi connectivity index (χ1n) is 6.68. The van der Waals surface area contributed by atoms with E-state index in [4.69, 9.17) is 4.74 Å². The average Bonchev–Trinajstić information content (AvgIpc) is 2.83. The number of carbonyl (C=O) groups excluding carboxylic acids is 1. The van der Waals surface area contributed by atoms with E-state index in [0.29, 0.717) is 18.2 Å². The summed E-state index contributed by atoms with van der Waals surface area (Å²) in [5.74, 6) is 0.127. The highest BCUT2D eigenvalue weighted by atomic mass is 19.1. The van der Waals surface area contributed by atoms with Crippen molar-refractivity contribution in [3.63, 3.8) is 0 Å². The molecule has 102 valence electrons. The Hall–Kier alpha value is -1.62. The van der Waals surface area contributed by atoms with Gasteiger partial charge in [-0.2, -0.15) is 0 Å². The van der Waals surface area contributed by atoms with Crippen LogP contribution in [-0.2, 0) is 4.74 Å². The number of halogens is 1. The first-order chi connectivity index (χ1) is 9.24. The number of benzene rings is 1. The topological polar surface area (TPSA) is 41.6 Å². The lowest BCUT2D eigenvalue weighted by Crippen LogP contribution is -2.36. The van der Waals surface area contributed by atoms with Gasteiger partial charge in [-0.15, -0.1) is 0 Å². The third-order valence-corrected chi connectivity index (χ3v) is 3.88. The molecule has 19 heavy (non-hydrogen) atoms. The number of piperidine rings is 1. The second-order valence-corrected chi connectivity index (χ2v) is 5.10. The molecule has 1 atom stereocenters. The third-order valence-electron chi connectivity index (χ3n) is 3.88. The number of amides is 1. The van der Waals surface area contributed by atoms with Crippen LogP contribution in [0.4, 0.5) is 14.9 Å². The second kappa shape index (κ2) is 5.17. The molecule has 5 heteroatoms. The van der Waals surface area contributed by atoms with Crippen LogP contribution >= 0.6 is 0 Å². The molecule has 1 aromatic carbocycles. The normalized spacial score (nSPS) is 24.6. The zero-order chi connectivity index (χ0) is 13.2. The molecule has 0 radical (unpaired) electrons. The summed E-state index contributed by atoms with van der Waals surface area (Å²) in [6, 6.07) is 5.95. The molecule has 4 nitrogen and oxygen atoms in total. The molecule has 1 amide bonds. The van der Waals surface area contributed by atoms with E-state index >= 15 is 0 Å². The van der Waals surface area contributed by atoms with Crippen LogP contribution in [0.3, 0.4) is 0 Å². The van der Waals surface area contributed by atoms with Gasteiger partial charge in [0.2, 0.25) is 0 Å². The number of cyclic esters (lactones) is 1. The molecule has 1 N–H and O–H groups in total. The maximum absolute atomic E-state index is 12.9. The summed E-state index contributed by atoms with van der Waals surface area (Å²) in [6.07, 6.45) is 1.71. The predicted molar refractivity (Wildman–Crippen MR) is 69.6 cm³/mol. The van der Waals surface area contributed by atoms with E-state index in [1.807, 2.05) is 0 Å². The number of rotatable bonds is 2. The van der Waals surface area contributed by atoms with Gasteiger partial charge in [-0.25, -0.2) is 9.18 Å². The Morgan fingerprint density at radius 1 is 1.21 bits per heavy atom. The van der Waals surface area contributed by atoms with Gasteiger partial charge in [-0.05, 0) is 50.2 Å². The van der Waals surface area contributed by atoms with E-state index in [0.717, 1.165) is 25.9 Å². The van der Waals surface area contributed by atoms with Crippen LogP contribution in [0.2, 0.25) is 0 Å². The Labute approximate surface area is 111 Å². The van der Waals surface area contributed by atoms with Crippen molar-refractivity contribution >= 4 is 11.8 Å². The van der Waals surface area contributed by atoms with Gasteiger partial charge in [0.25, 0.3) is 0 Å². The van der Waals surface area contributed by atoms with Crippen molar-refractivity contribution in [2.75, 3.05) is 24.5 Å². The van der Waals surface area contributed by atoms with E-state index in [1.54, 1.807) is 17.0 Å². The molecule has 0 spiro atoms. The zero-order valence-electron chi connectivity index (χ0n) is 10.6. The van der Waals surface area contributed by atoms with E-state index < -0.39 is 0 Å². The smallest absolute Gasteiger partial charge is 0.414 e. The summed E-state index contributed by atoms with van der Waals surface area (Å²) in [7, 11) is 0. The van der Waals surface area contributed by atoms with Crippen molar-refractivity contribution < 1.29 is 13.9 Å². The largest absolute Gasteiger partial charge is 0.444 e. The van der Waals surface area contributed by atoms with E-state index in [9.17, 15) is 9.18 Å². The summed E-state index contributed by atoms with van der Waals surface area (Å²) >= 11 is 0. The number of anilines is 1. The first-order valence-corrected chi connectivity index (χ1v) is 6.68. The SMILES string of the molecule is O=C1OC(C2CCNCC2)CN1c1ccc(F)cc1. The fourth-order valence-corrected chi connectivity index (χ4v) is 2.78. The average molecular weight is 264 g/mol. The van der Waals surface area contributed by atoms with Crippen molar-refractivity contribution in [2.24, 2.45) is 5.92 Å². The van der Waals surface area contributed by atoms with Gasteiger partial charge in [0.05, 0.1) is 6.54 Å². The second-order valence-electron chi connectivity index (χ2n) is 5.10. The van der Waals surface area contributed by atoms with Crippen LogP contribution in [-0.4, -0.2) is 31.8 Å². The van der Waals surface area contributed by atoms with E-state index in [1.165, 1.54) is 12.1 Å². The maximum atomic E-state index is 12.9. The van der Waals surface area contributed by atoms with Gasteiger partial charge in [0, 0.05) is 11.6 Å². The van der Waals surface area contributed by atoms with Crippen LogP contribution in [0, 0.1) is 11.7 Å². The summed E-state index contributed by atoms with van der Waals surface area (Å²) < 4.78 is 18.4. The highest BCUT2D eigenvalue weighted by molar-refractivity contribution is 5.89. The number of carbonyl (C=O) groups is 1. The number of hydrogen-bond acceptors (Lipinski definition) is 3. The Balaban J connectivity index is 1.70. The lowest BCUT2D eigenvalue weighted by Gasteiger charge is -2.26. The summed E-state index contributed by atoms with van der Waals surface area (Å²) in [5.41, 5.74) is 0.697. The van der Waals surface area contributed by atoms with Crippen molar-refractivity contribution in [2.45, 2.75) is 18.9 Å². The van der Waals surface area contributed by atoms with Gasteiger partial charge >= 0.3 is 6.09 Å². The standard InChI is InChI=1S/C14H17FN2O2/c15-11-1-3-12(4-2-11)17-9-13(19-14(17)18)10-5-7-16-8-6-10/h1-4,10,13,16H,5-9H2. The fraction of sp³-hybridized carbons (Fsp3) is 0.500. The molecule has 2 aliphatic rings. The summed E-state index contributed by atoms with van der Waals surface area (Å²) in [4.78, 5) is 13.5. The Morgan fingerprint density at radius 3 is 2.58 bits per heavy atom. The monoisotopic (exact) mass is 264 g/mol. The molecular weight excluding hydrogens is 247 g/mol. The maximum Gasteiger partial charge on any atom is 0.414 e. The molecule has 0 bridgehead atoms. The van der Waals surface area contributed by atoms with Gasteiger partial charge in [0.15, 0.2) is 0 Å². The van der Waals surface area contributed by atoms with Crippen molar-refractivity contribution in [1.82, 2.24) is 5.32 Å². The number of hydrogen-bond donors (Lipinski definition) is 1. The summed E-state index contributed by atoms with van der Waals surface area (Å²) in [5, 5.41) is 3.30. The molecular formula is C14H17FN2O2. The molecule has 3 rings (SSSR count). The van der Waals surface area contributed by atoms with Gasteiger partial charge in [-0.1, -0.05) is 0 Å². The molecule has 2 saturated heterocycles. The Morgan fingerprint density at radius 2 is 1.89 bits per heavy atom. The van der Waals surface area contributed by atoms with Crippen LogP contribution < -0.4 is 10.2 Å². The predicted octanol–water partition coefficient (Wildman–Crippen LogP) is 2.15. The quantitative estimate of drug-likeness (QED) is 0.890. The highest BCUT2D eigenvalue weighted by Gasteiger charge is 2.37. The number of nitrogens with zero attached hydrogens (tertiary/aromatic N) is 1. The van der Waals surface area contributed by atoms with Crippen LogP contribution in [0.25, 0.3) is 0 Å². The first kappa shape index (κ1) is 12.4. The van der Waals surface area contributed by atoms with Gasteiger partial charge < -0.3 is 10.1 Å². The highest BCUT2D eigenvalue weighted by Crippen LogP contribution is 2.28. The van der Waals surface area contributed by atoms with E-state index in [-0.39, 0.29) is 18.0 Å². The molecule has 2 aliphatic heterocycles. The van der Waals surface area contributed by atoms with Gasteiger partial charge in [0.1, 0.15) is 11.9 Å². The zero-order valence-corrected chi connectivity index (χ0v) is 10.6. The molecule has 1 aromatic rings. The fourth-order valence-electron chi connectivity index (χ4n) is 2.78. The minimum atomic E-state index is -0.324. The summed E-state index contributed by atoms with van der Waals surface area (Å²) in [6.45, 7) is 2.53. The Kier molecular flexibility index (Phi) is 3.38. The lowest BCUT2D eigenvalue weighted by atomic mass is 9.92. The molecule has 1 unspecified atom stereocenters. The van der Waals surface area contributed by atoms with Crippen LogP contribution in [0.5, 0.6) is 0 Å². The Bertz CT molecular complexity index is 457. The molecule has 0 aromatic heterocycles. The van der Waals surface area contributed by atoms with Crippen LogP contribution in [0.1, 0.15) is 12.8 Å². The van der Waals surface area contributed by atoms with Crippen LogP contribution in [0.15, 0.2) is 24.3 Å². The number of ether oxygens (including phenoxy) is 1. The molecule has 0 saturated carbocycles. The lowest BCUT2D eigenvalue weighted by molar-refractivity contribution is 0.0919. The van der Waals surface area contributed by atoms with Crippen molar-refractivity contribution in [1.29, 1.82) is 0 Å². The van der Waals surface area contributed by atoms with Crippen molar-refractivity contribution in [3.8, 4) is 0 Å². The minimum Gasteiger partial charge on any atom is -0.444 e. The van der Waals surface area contributed by atoms with Gasteiger partial charge in [-0.3, -0.25) is 4.90 Å². The van der Waals surface area contributed by atoms with Crippen molar-refractivity contribution in [3.05, 3.63) is 30.1 Å². The molecule has 2 heterocycles.